The highest BCUT2D eigenvalue weighted by Gasteiger charge is 2.13. The summed E-state index contributed by atoms with van der Waals surface area (Å²) >= 11 is 3.54. The summed E-state index contributed by atoms with van der Waals surface area (Å²) in [6.45, 7) is 2.06. The number of aromatic nitrogens is 3. The number of halogens is 1. The third kappa shape index (κ3) is 4.64. The first kappa shape index (κ1) is 16.2. The Labute approximate surface area is 145 Å². The van der Waals surface area contributed by atoms with E-state index in [-0.39, 0.29) is 0 Å². The Balaban J connectivity index is 1.67. The summed E-state index contributed by atoms with van der Waals surface area (Å²) in [6, 6.07) is 6.57. The Morgan fingerprint density at radius 2 is 1.91 bits per heavy atom. The molecule has 1 saturated carbocycles. The van der Waals surface area contributed by atoms with Gasteiger partial charge >= 0.3 is 0 Å². The quantitative estimate of drug-likeness (QED) is 0.749. The fourth-order valence-corrected chi connectivity index (χ4v) is 3.24. The highest BCUT2D eigenvalue weighted by Crippen LogP contribution is 2.23. The molecule has 1 aliphatic carbocycles. The van der Waals surface area contributed by atoms with Crippen molar-refractivity contribution >= 4 is 33.4 Å². The second-order valence-electron chi connectivity index (χ2n) is 6.09. The van der Waals surface area contributed by atoms with E-state index in [1.165, 1.54) is 44.1 Å². The average molecular weight is 376 g/mol. The van der Waals surface area contributed by atoms with E-state index in [9.17, 15) is 0 Å². The molecular weight excluding hydrogens is 354 g/mol. The van der Waals surface area contributed by atoms with Crippen molar-refractivity contribution < 1.29 is 0 Å². The van der Waals surface area contributed by atoms with Crippen molar-refractivity contribution in [1.29, 1.82) is 0 Å². The molecule has 1 aliphatic rings. The molecule has 23 heavy (non-hydrogen) atoms. The smallest absolute Gasteiger partial charge is 0.249 e. The van der Waals surface area contributed by atoms with Crippen molar-refractivity contribution in [2.45, 2.75) is 51.5 Å². The molecule has 0 atom stereocenters. The summed E-state index contributed by atoms with van der Waals surface area (Å²) in [5, 5.41) is 14.8. The summed E-state index contributed by atoms with van der Waals surface area (Å²) in [4.78, 5) is 4.53. The lowest BCUT2D eigenvalue weighted by Gasteiger charge is -2.16. The van der Waals surface area contributed by atoms with Crippen LogP contribution in [0.25, 0.3) is 0 Å². The van der Waals surface area contributed by atoms with Crippen LogP contribution < -0.4 is 10.6 Å². The van der Waals surface area contributed by atoms with Gasteiger partial charge in [-0.05, 0) is 37.5 Å². The number of rotatable bonds is 4. The normalized spacial score (nSPS) is 15.9. The van der Waals surface area contributed by atoms with Crippen LogP contribution in [0.5, 0.6) is 0 Å². The van der Waals surface area contributed by atoms with Crippen LogP contribution in [0.2, 0.25) is 0 Å². The van der Waals surface area contributed by atoms with Crippen molar-refractivity contribution in [3.8, 4) is 0 Å². The van der Waals surface area contributed by atoms with Crippen molar-refractivity contribution in [2.24, 2.45) is 0 Å². The number of benzene rings is 1. The summed E-state index contributed by atoms with van der Waals surface area (Å²) in [5.74, 6) is 1.31. The van der Waals surface area contributed by atoms with Gasteiger partial charge in [0.1, 0.15) is 0 Å². The number of hydrogen-bond donors (Lipinski definition) is 2. The summed E-state index contributed by atoms with van der Waals surface area (Å²) in [5.41, 5.74) is 2.13. The van der Waals surface area contributed by atoms with E-state index in [2.05, 4.69) is 48.7 Å². The molecule has 1 aromatic carbocycles. The maximum atomic E-state index is 4.53. The van der Waals surface area contributed by atoms with E-state index in [0.29, 0.717) is 12.0 Å². The lowest BCUT2D eigenvalue weighted by molar-refractivity contribution is 0.617. The largest absolute Gasteiger partial charge is 0.366 e. The first-order valence-corrected chi connectivity index (χ1v) is 8.99. The van der Waals surface area contributed by atoms with E-state index in [1.807, 2.05) is 18.2 Å². The maximum Gasteiger partial charge on any atom is 0.249 e. The minimum absolute atomic E-state index is 0.496. The maximum absolute atomic E-state index is 4.53. The molecule has 0 spiro atoms. The molecule has 0 amide bonds. The van der Waals surface area contributed by atoms with Crippen LogP contribution in [0.1, 0.15) is 44.1 Å². The van der Waals surface area contributed by atoms with E-state index < -0.39 is 0 Å². The second-order valence-corrected chi connectivity index (χ2v) is 6.94. The van der Waals surface area contributed by atoms with Gasteiger partial charge in [-0.1, -0.05) is 47.7 Å². The fraction of sp³-hybridized carbons (Fsp3) is 0.471. The Bertz CT molecular complexity index is 653. The number of nitrogens with one attached hydrogen (secondary N) is 2. The lowest BCUT2D eigenvalue weighted by atomic mass is 10.1. The van der Waals surface area contributed by atoms with Crippen molar-refractivity contribution in [1.82, 2.24) is 15.2 Å². The number of hydrogen-bond acceptors (Lipinski definition) is 5. The van der Waals surface area contributed by atoms with E-state index in [4.69, 9.17) is 0 Å². The van der Waals surface area contributed by atoms with Gasteiger partial charge in [0.25, 0.3) is 0 Å². The van der Waals surface area contributed by atoms with Crippen LogP contribution in [-0.2, 0) is 0 Å². The molecule has 2 aromatic rings. The third-order valence-corrected chi connectivity index (χ3v) is 5.05. The van der Waals surface area contributed by atoms with Crippen LogP contribution in [0.15, 0.2) is 28.9 Å². The molecule has 5 nitrogen and oxygen atoms in total. The van der Waals surface area contributed by atoms with Crippen molar-refractivity contribution in [3.05, 3.63) is 34.4 Å². The molecule has 0 aliphatic heterocycles. The molecule has 0 bridgehead atoms. The highest BCUT2D eigenvalue weighted by atomic mass is 79.9. The predicted molar refractivity (Wildman–Crippen MR) is 97.1 cm³/mol. The van der Waals surface area contributed by atoms with Gasteiger partial charge in [-0.3, -0.25) is 0 Å². The second kappa shape index (κ2) is 7.73. The van der Waals surface area contributed by atoms with Gasteiger partial charge in [0.15, 0.2) is 5.82 Å². The Hall–Kier alpha value is -1.69. The molecule has 0 unspecified atom stereocenters. The first-order valence-electron chi connectivity index (χ1n) is 8.20. The number of nitrogens with zero attached hydrogens (tertiary/aromatic N) is 3. The predicted octanol–water partition coefficient (Wildman–Crippen LogP) is 4.82. The molecular formula is C17H22BrN5. The minimum atomic E-state index is 0.496. The van der Waals surface area contributed by atoms with Gasteiger partial charge < -0.3 is 10.6 Å². The molecule has 6 heteroatoms. The summed E-state index contributed by atoms with van der Waals surface area (Å²) in [7, 11) is 0. The summed E-state index contributed by atoms with van der Waals surface area (Å²) in [6.07, 6.45) is 9.37. The van der Waals surface area contributed by atoms with Gasteiger partial charge in [-0.15, -0.1) is 5.10 Å². The van der Waals surface area contributed by atoms with E-state index in [0.717, 1.165) is 16.0 Å². The van der Waals surface area contributed by atoms with E-state index >= 15 is 0 Å². The molecule has 1 fully saturated rings. The topological polar surface area (TPSA) is 62.7 Å². The molecule has 3 rings (SSSR count). The molecule has 0 radical (unpaired) electrons. The van der Waals surface area contributed by atoms with Gasteiger partial charge in [-0.2, -0.15) is 10.1 Å². The number of anilines is 3. The standard InChI is InChI=1S/C17H22BrN5/c1-12-8-9-14(10-15(12)18)21-17-22-16(11-19-23-17)20-13-6-4-2-3-5-7-13/h8-11,13H,2-7H2,1H3,(H2,20,21,22,23). The van der Waals surface area contributed by atoms with Gasteiger partial charge in [0, 0.05) is 16.2 Å². The third-order valence-electron chi connectivity index (χ3n) is 4.19. The molecule has 1 heterocycles. The Morgan fingerprint density at radius 3 is 2.65 bits per heavy atom. The van der Waals surface area contributed by atoms with Crippen LogP contribution in [0, 0.1) is 6.92 Å². The van der Waals surface area contributed by atoms with Gasteiger partial charge in [0.05, 0.1) is 6.20 Å². The molecule has 1 aromatic heterocycles. The molecule has 0 saturated heterocycles. The highest BCUT2D eigenvalue weighted by molar-refractivity contribution is 9.10. The van der Waals surface area contributed by atoms with Gasteiger partial charge in [-0.25, -0.2) is 0 Å². The zero-order valence-electron chi connectivity index (χ0n) is 13.3. The van der Waals surface area contributed by atoms with Crippen LogP contribution in [0.3, 0.4) is 0 Å². The molecule has 2 N–H and O–H groups in total. The summed E-state index contributed by atoms with van der Waals surface area (Å²) < 4.78 is 1.06. The lowest BCUT2D eigenvalue weighted by Crippen LogP contribution is -2.19. The number of aryl methyl sites for hydroxylation is 1. The first-order chi connectivity index (χ1) is 11.2. The average Bonchev–Trinajstić information content (AvgIpc) is 2.80. The molecule has 122 valence electrons. The monoisotopic (exact) mass is 375 g/mol. The Morgan fingerprint density at radius 1 is 1.13 bits per heavy atom. The van der Waals surface area contributed by atoms with Crippen LogP contribution >= 0.6 is 15.9 Å². The minimum Gasteiger partial charge on any atom is -0.366 e. The SMILES string of the molecule is Cc1ccc(Nc2nncc(NC3CCCCCC3)n2)cc1Br. The van der Waals surface area contributed by atoms with Crippen LogP contribution in [-0.4, -0.2) is 21.2 Å². The zero-order chi connectivity index (χ0) is 16.1. The fourth-order valence-electron chi connectivity index (χ4n) is 2.86. The van der Waals surface area contributed by atoms with Crippen molar-refractivity contribution in [2.75, 3.05) is 10.6 Å². The van der Waals surface area contributed by atoms with Gasteiger partial charge in [0.2, 0.25) is 5.95 Å². The van der Waals surface area contributed by atoms with Crippen LogP contribution in [0.4, 0.5) is 17.5 Å². The van der Waals surface area contributed by atoms with E-state index in [1.54, 1.807) is 6.20 Å². The van der Waals surface area contributed by atoms with Crippen molar-refractivity contribution in [3.63, 3.8) is 0 Å². The zero-order valence-corrected chi connectivity index (χ0v) is 14.9. The Kier molecular flexibility index (Phi) is 5.43.